The Morgan fingerprint density at radius 2 is 1.90 bits per heavy atom. The summed E-state index contributed by atoms with van der Waals surface area (Å²) in [5.74, 6) is -2.21. The Kier molecular flexibility index (Phi) is 10.3. The first-order valence-corrected chi connectivity index (χ1v) is 11.4. The van der Waals surface area contributed by atoms with E-state index in [9.17, 15) is 19.7 Å². The molecule has 8 heteroatoms. The molecule has 0 amide bonds. The highest BCUT2D eigenvalue weighted by Gasteiger charge is 2.57. The van der Waals surface area contributed by atoms with Crippen LogP contribution < -0.4 is 0 Å². The van der Waals surface area contributed by atoms with Crippen LogP contribution in [0, 0.1) is 27.9 Å². The van der Waals surface area contributed by atoms with E-state index in [0.29, 0.717) is 45.3 Å². The average Bonchev–Trinajstić information content (AvgIpc) is 3.27. The van der Waals surface area contributed by atoms with Gasteiger partial charge in [-0.25, -0.2) is 0 Å². The van der Waals surface area contributed by atoms with E-state index in [1.54, 1.807) is 6.08 Å². The predicted molar refractivity (Wildman–Crippen MR) is 115 cm³/mol. The lowest BCUT2D eigenvalue weighted by Gasteiger charge is -2.30. The minimum Gasteiger partial charge on any atom is -0.481 e. The van der Waals surface area contributed by atoms with E-state index >= 15 is 0 Å². The quantitative estimate of drug-likeness (QED) is 0.143. The average molecular weight is 438 g/mol. The van der Waals surface area contributed by atoms with Gasteiger partial charge in [-0.05, 0) is 37.7 Å². The molecule has 2 fully saturated rings. The van der Waals surface area contributed by atoms with E-state index in [2.05, 4.69) is 6.92 Å². The van der Waals surface area contributed by atoms with Gasteiger partial charge in [0.25, 0.3) is 0 Å². The minimum absolute atomic E-state index is 0.0467. The lowest BCUT2D eigenvalue weighted by molar-refractivity contribution is -0.489. The molecule has 174 valence electrons. The number of ketones is 1. The number of ether oxygens (including phenoxy) is 2. The molecule has 0 radical (unpaired) electrons. The molecule has 2 aliphatic rings. The van der Waals surface area contributed by atoms with Crippen molar-refractivity contribution >= 4 is 11.8 Å². The zero-order valence-corrected chi connectivity index (χ0v) is 18.4. The highest BCUT2D eigenvalue weighted by molar-refractivity contribution is 5.89. The number of carboxylic acid groups (broad SMARTS) is 1. The molecule has 2 rings (SSSR count). The molecular weight excluding hydrogens is 402 g/mol. The van der Waals surface area contributed by atoms with Crippen molar-refractivity contribution in [2.75, 3.05) is 19.8 Å². The fourth-order valence-corrected chi connectivity index (χ4v) is 4.67. The van der Waals surface area contributed by atoms with Crippen LogP contribution in [0.15, 0.2) is 24.3 Å². The van der Waals surface area contributed by atoms with Crippen LogP contribution in [0.25, 0.3) is 0 Å². The molecule has 0 aromatic heterocycles. The van der Waals surface area contributed by atoms with Gasteiger partial charge in [0, 0.05) is 36.0 Å². The molecule has 1 aliphatic carbocycles. The zero-order chi connectivity index (χ0) is 22.7. The Hall–Kier alpha value is -2.06. The zero-order valence-electron chi connectivity index (χ0n) is 18.4. The maximum atomic E-state index is 12.3. The molecule has 1 saturated carbocycles. The summed E-state index contributed by atoms with van der Waals surface area (Å²) in [5.41, 5.74) is 0. The standard InChI is InChI=1S/C23H35NO7/c1-2-3-6-9-19(25)12-13-20-18(17-24(28)29)16-23(30-14-15-31-23)21(20)10-7-4-5-8-11-22(26)27/h4,7,12-13,18,20-21H,2-3,5-6,8-11,14-17H2,1H3,(H,26,27)/b7-4+,13-12+. The molecule has 0 bridgehead atoms. The van der Waals surface area contributed by atoms with Crippen LogP contribution in [-0.4, -0.2) is 47.3 Å². The molecule has 1 spiro atoms. The van der Waals surface area contributed by atoms with Crippen molar-refractivity contribution in [2.45, 2.75) is 70.5 Å². The highest BCUT2D eigenvalue weighted by atomic mass is 16.7. The molecule has 3 atom stereocenters. The molecule has 1 heterocycles. The summed E-state index contributed by atoms with van der Waals surface area (Å²) in [7, 11) is 0. The summed E-state index contributed by atoms with van der Waals surface area (Å²) in [6.45, 7) is 2.81. The van der Waals surface area contributed by atoms with Crippen LogP contribution in [0.4, 0.5) is 0 Å². The summed E-state index contributed by atoms with van der Waals surface area (Å²) in [4.78, 5) is 33.9. The third-order valence-corrected chi connectivity index (χ3v) is 6.13. The Labute approximate surface area is 183 Å². The molecule has 3 unspecified atom stereocenters. The second kappa shape index (κ2) is 12.7. The summed E-state index contributed by atoms with van der Waals surface area (Å²) in [5, 5.41) is 20.0. The van der Waals surface area contributed by atoms with Crippen LogP contribution in [0.1, 0.15) is 64.7 Å². The van der Waals surface area contributed by atoms with Crippen molar-refractivity contribution in [3.05, 3.63) is 34.4 Å². The first kappa shape index (κ1) is 25.2. The fraction of sp³-hybridized carbons (Fsp3) is 0.739. The van der Waals surface area contributed by atoms with Gasteiger partial charge in [0.1, 0.15) is 0 Å². The number of unbranched alkanes of at least 4 members (excludes halogenated alkanes) is 3. The van der Waals surface area contributed by atoms with E-state index < -0.39 is 11.8 Å². The van der Waals surface area contributed by atoms with Crippen molar-refractivity contribution in [3.63, 3.8) is 0 Å². The first-order chi connectivity index (χ1) is 14.9. The van der Waals surface area contributed by atoms with Crippen molar-refractivity contribution in [1.82, 2.24) is 0 Å². The van der Waals surface area contributed by atoms with Gasteiger partial charge in [0.15, 0.2) is 11.6 Å². The third-order valence-electron chi connectivity index (χ3n) is 6.13. The van der Waals surface area contributed by atoms with Crippen LogP contribution in [-0.2, 0) is 19.1 Å². The molecule has 0 aromatic carbocycles. The predicted octanol–water partition coefficient (Wildman–Crippen LogP) is 4.17. The van der Waals surface area contributed by atoms with Gasteiger partial charge < -0.3 is 14.6 Å². The maximum Gasteiger partial charge on any atom is 0.303 e. The van der Waals surface area contributed by atoms with Crippen molar-refractivity contribution in [2.24, 2.45) is 17.8 Å². The second-order valence-corrected chi connectivity index (χ2v) is 8.45. The van der Waals surface area contributed by atoms with E-state index in [1.165, 1.54) is 0 Å². The van der Waals surface area contributed by atoms with Crippen LogP contribution >= 0.6 is 0 Å². The topological polar surface area (TPSA) is 116 Å². The number of allylic oxidation sites excluding steroid dienone is 4. The number of carbonyl (C=O) groups is 2. The lowest BCUT2D eigenvalue weighted by atomic mass is 9.85. The number of aliphatic carboxylic acids is 1. The largest absolute Gasteiger partial charge is 0.481 e. The second-order valence-electron chi connectivity index (χ2n) is 8.45. The molecular formula is C23H35NO7. The van der Waals surface area contributed by atoms with Crippen LogP contribution in [0.3, 0.4) is 0 Å². The number of hydrogen-bond donors (Lipinski definition) is 1. The Morgan fingerprint density at radius 3 is 2.55 bits per heavy atom. The summed E-state index contributed by atoms with van der Waals surface area (Å²) >= 11 is 0. The lowest BCUT2D eigenvalue weighted by Crippen LogP contribution is -2.36. The molecule has 0 aromatic rings. The number of nitrogens with zero attached hydrogens (tertiary/aromatic N) is 1. The summed E-state index contributed by atoms with van der Waals surface area (Å²) < 4.78 is 12.0. The third kappa shape index (κ3) is 7.85. The van der Waals surface area contributed by atoms with Gasteiger partial charge in [0.2, 0.25) is 6.54 Å². The SMILES string of the molecule is CCCCCC(=O)/C=C/C1C(C[N+](=O)[O-])CC2(OCCO2)C1C/C=C/CCCC(=O)O. The Balaban J connectivity index is 2.11. The fourth-order valence-electron chi connectivity index (χ4n) is 4.67. The number of rotatable bonds is 14. The van der Waals surface area contributed by atoms with Gasteiger partial charge in [-0.2, -0.15) is 0 Å². The van der Waals surface area contributed by atoms with E-state index in [-0.39, 0.29) is 41.4 Å². The van der Waals surface area contributed by atoms with Gasteiger partial charge in [-0.15, -0.1) is 0 Å². The van der Waals surface area contributed by atoms with Crippen molar-refractivity contribution < 1.29 is 29.1 Å². The minimum atomic E-state index is -0.855. The Morgan fingerprint density at radius 1 is 1.16 bits per heavy atom. The molecule has 1 saturated heterocycles. The number of carboxylic acids is 1. The van der Waals surface area contributed by atoms with E-state index in [0.717, 1.165) is 19.3 Å². The van der Waals surface area contributed by atoms with Gasteiger partial charge in [0.05, 0.1) is 13.2 Å². The van der Waals surface area contributed by atoms with Crippen molar-refractivity contribution in [3.8, 4) is 0 Å². The first-order valence-electron chi connectivity index (χ1n) is 11.4. The number of hydrogen-bond acceptors (Lipinski definition) is 6. The number of carbonyl (C=O) groups excluding carboxylic acids is 1. The maximum absolute atomic E-state index is 12.3. The van der Waals surface area contributed by atoms with Crippen LogP contribution in [0.5, 0.6) is 0 Å². The monoisotopic (exact) mass is 437 g/mol. The van der Waals surface area contributed by atoms with E-state index in [1.807, 2.05) is 18.2 Å². The number of nitro groups is 1. The van der Waals surface area contributed by atoms with Crippen LogP contribution in [0.2, 0.25) is 0 Å². The molecule has 1 aliphatic heterocycles. The highest BCUT2D eigenvalue weighted by Crippen LogP contribution is 2.51. The molecule has 1 N–H and O–H groups in total. The van der Waals surface area contributed by atoms with Crippen molar-refractivity contribution in [1.29, 1.82) is 0 Å². The normalized spacial score (nSPS) is 25.1. The molecule has 8 nitrogen and oxygen atoms in total. The molecule has 31 heavy (non-hydrogen) atoms. The Bertz CT molecular complexity index is 667. The smallest absolute Gasteiger partial charge is 0.303 e. The van der Waals surface area contributed by atoms with Gasteiger partial charge in [-0.3, -0.25) is 19.7 Å². The van der Waals surface area contributed by atoms with E-state index in [4.69, 9.17) is 14.6 Å². The summed E-state index contributed by atoms with van der Waals surface area (Å²) in [6, 6.07) is 0. The summed E-state index contributed by atoms with van der Waals surface area (Å²) in [6.07, 6.45) is 13.1. The van der Waals surface area contributed by atoms with Gasteiger partial charge >= 0.3 is 5.97 Å². The van der Waals surface area contributed by atoms with Gasteiger partial charge in [-0.1, -0.05) is 38.0 Å².